The molecule has 5 heterocycles. The maximum atomic E-state index is 6.16. The number of nitrogens with one attached hydrogen (secondary N) is 2. The van der Waals surface area contributed by atoms with Crippen molar-refractivity contribution < 1.29 is 14.2 Å². The standard InChI is InChI=1S/C28H36N8O2.C16H10Cl2N4.C6H14N2O/c1-3-7-23(8-4-1)26-31-27(29-11-13-35-15-19-37-20-16-35)25(34-33-24-9-5-2-6-10-24)28(32-26)30-12-14-36-17-21-38-22-18-36;17-14-13(22-21-12-9-5-2-6-10-12)15(18)20-16(19-14)11-7-3-1-4-8-11;7-1-2-8-3-5-9-6-4-8/h1-10H,11-22H2,(H2,29,30,31,32);1-10H;1-7H2. The average Bonchev–Trinajstić information content (AvgIpc) is 3.40. The van der Waals surface area contributed by atoms with Gasteiger partial charge in [-0.2, -0.15) is 10.2 Å². The molecule has 3 aliphatic heterocycles. The Kier molecular flexibility index (Phi) is 21.1. The predicted molar refractivity (Wildman–Crippen MR) is 274 cm³/mol. The van der Waals surface area contributed by atoms with Gasteiger partial charge in [0.1, 0.15) is 0 Å². The lowest BCUT2D eigenvalue weighted by Gasteiger charge is -2.27. The predicted octanol–water partition coefficient (Wildman–Crippen LogP) is 9.19. The maximum absolute atomic E-state index is 6.16. The van der Waals surface area contributed by atoms with Crippen LogP contribution in [0, 0.1) is 0 Å². The van der Waals surface area contributed by atoms with Gasteiger partial charge in [0, 0.05) is 89.7 Å². The van der Waals surface area contributed by atoms with Crippen molar-refractivity contribution in [1.29, 1.82) is 0 Å². The fourth-order valence-electron chi connectivity index (χ4n) is 7.24. The van der Waals surface area contributed by atoms with Crippen molar-refractivity contribution in [2.45, 2.75) is 0 Å². The van der Waals surface area contributed by atoms with Crippen LogP contribution in [0.3, 0.4) is 0 Å². The van der Waals surface area contributed by atoms with Crippen LogP contribution in [0.5, 0.6) is 0 Å². The van der Waals surface area contributed by atoms with Crippen molar-refractivity contribution in [3.63, 3.8) is 0 Å². The maximum Gasteiger partial charge on any atom is 0.170 e. The number of azo groups is 2. The lowest BCUT2D eigenvalue weighted by molar-refractivity contribution is 0.0394. The number of benzene rings is 4. The molecule has 19 heteroatoms. The first-order valence-corrected chi connectivity index (χ1v) is 24.1. The molecule has 0 spiro atoms. The van der Waals surface area contributed by atoms with Crippen molar-refractivity contribution in [2.75, 3.05) is 129 Å². The number of rotatable bonds is 16. The molecule has 3 aliphatic rings. The molecule has 9 rings (SSSR count). The molecule has 0 saturated carbocycles. The van der Waals surface area contributed by atoms with Gasteiger partial charge in [0.15, 0.2) is 45.0 Å². The number of aromatic nitrogens is 4. The van der Waals surface area contributed by atoms with Crippen LogP contribution in [-0.2, 0) is 14.2 Å². The van der Waals surface area contributed by atoms with E-state index in [4.69, 9.17) is 53.1 Å². The molecule has 0 amide bonds. The topological polar surface area (TPSA) is 188 Å². The van der Waals surface area contributed by atoms with E-state index in [0.29, 0.717) is 34.7 Å². The summed E-state index contributed by atoms with van der Waals surface area (Å²) in [6, 6.07) is 38.5. The number of hydrogen-bond acceptors (Lipinski definition) is 17. The van der Waals surface area contributed by atoms with Crippen LogP contribution in [0.1, 0.15) is 0 Å². The second-order valence-electron chi connectivity index (χ2n) is 15.9. The average molecular weight is 976 g/mol. The Hall–Kier alpha value is -5.86. The first-order chi connectivity index (χ1) is 34.0. The molecule has 4 N–H and O–H groups in total. The van der Waals surface area contributed by atoms with Crippen molar-refractivity contribution in [2.24, 2.45) is 26.2 Å². The van der Waals surface area contributed by atoms with Gasteiger partial charge in [-0.25, -0.2) is 19.9 Å². The SMILES string of the molecule is Clc1nc(-c2ccccc2)nc(Cl)c1N=Nc1ccccc1.NCCN1CCOCC1.c1ccc(N=Nc2c(NCCN3CCOCC3)nc(-c3ccccc3)nc2NCCN2CCOCC2)cc1. The van der Waals surface area contributed by atoms with E-state index in [-0.39, 0.29) is 16.0 Å². The molecule has 0 bridgehead atoms. The third-order valence-electron chi connectivity index (χ3n) is 11.0. The Morgan fingerprint density at radius 3 is 1.19 bits per heavy atom. The Bertz CT molecular complexity index is 2390. The number of morpholine rings is 3. The Morgan fingerprint density at radius 2 is 0.797 bits per heavy atom. The minimum absolute atomic E-state index is 0.165. The van der Waals surface area contributed by atoms with Gasteiger partial charge in [0.2, 0.25) is 0 Å². The highest BCUT2D eigenvalue weighted by Gasteiger charge is 2.19. The van der Waals surface area contributed by atoms with E-state index in [1.165, 1.54) is 0 Å². The molecule has 17 nitrogen and oxygen atoms in total. The zero-order valence-electron chi connectivity index (χ0n) is 38.8. The van der Waals surface area contributed by atoms with Gasteiger partial charge in [0.25, 0.3) is 0 Å². The van der Waals surface area contributed by atoms with Crippen molar-refractivity contribution in [3.05, 3.63) is 132 Å². The van der Waals surface area contributed by atoms with Gasteiger partial charge in [-0.15, -0.1) is 10.2 Å². The van der Waals surface area contributed by atoms with E-state index in [1.54, 1.807) is 0 Å². The molecular weight excluding hydrogens is 916 g/mol. The fourth-order valence-corrected chi connectivity index (χ4v) is 7.70. The summed E-state index contributed by atoms with van der Waals surface area (Å²) in [4.78, 5) is 25.4. The van der Waals surface area contributed by atoms with Gasteiger partial charge in [-0.3, -0.25) is 14.7 Å². The third-order valence-corrected chi connectivity index (χ3v) is 11.5. The summed E-state index contributed by atoms with van der Waals surface area (Å²) in [5.41, 5.74) is 9.50. The molecule has 0 unspecified atom stereocenters. The van der Waals surface area contributed by atoms with Crippen LogP contribution in [-0.4, -0.2) is 153 Å². The van der Waals surface area contributed by atoms with Crippen LogP contribution in [0.4, 0.5) is 34.4 Å². The van der Waals surface area contributed by atoms with Gasteiger partial charge in [-0.1, -0.05) is 120 Å². The highest BCUT2D eigenvalue weighted by Crippen LogP contribution is 2.36. The molecule has 0 radical (unpaired) electrons. The smallest absolute Gasteiger partial charge is 0.170 e. The number of nitrogens with zero attached hydrogens (tertiary/aromatic N) is 11. The summed E-state index contributed by atoms with van der Waals surface area (Å²) in [6.45, 7) is 15.7. The van der Waals surface area contributed by atoms with Crippen molar-refractivity contribution in [3.8, 4) is 22.8 Å². The van der Waals surface area contributed by atoms with Gasteiger partial charge >= 0.3 is 0 Å². The first-order valence-electron chi connectivity index (χ1n) is 23.3. The summed E-state index contributed by atoms with van der Waals surface area (Å²) in [6.07, 6.45) is 0. The van der Waals surface area contributed by atoms with E-state index < -0.39 is 0 Å². The molecular formula is C50H60Cl2N14O3. The summed E-state index contributed by atoms with van der Waals surface area (Å²) in [7, 11) is 0. The van der Waals surface area contributed by atoms with Crippen LogP contribution in [0.15, 0.2) is 142 Å². The Labute approximate surface area is 414 Å². The fraction of sp³-hybridized carbons (Fsp3) is 0.360. The van der Waals surface area contributed by atoms with Crippen LogP contribution < -0.4 is 16.4 Å². The lowest BCUT2D eigenvalue weighted by atomic mass is 10.2. The Morgan fingerprint density at radius 1 is 0.449 bits per heavy atom. The second-order valence-corrected chi connectivity index (χ2v) is 16.6. The Balaban J connectivity index is 0.000000189. The molecule has 0 atom stereocenters. The molecule has 6 aromatic rings. The number of hydrogen-bond donors (Lipinski definition) is 3. The van der Waals surface area contributed by atoms with E-state index in [2.05, 4.69) is 55.8 Å². The van der Waals surface area contributed by atoms with Crippen molar-refractivity contribution >= 4 is 57.6 Å². The molecule has 362 valence electrons. The zero-order valence-corrected chi connectivity index (χ0v) is 40.3. The molecule has 0 aliphatic carbocycles. The van der Waals surface area contributed by atoms with E-state index in [1.807, 2.05) is 121 Å². The lowest BCUT2D eigenvalue weighted by Crippen LogP contribution is -2.39. The minimum Gasteiger partial charge on any atom is -0.379 e. The number of halogens is 2. The molecule has 69 heavy (non-hydrogen) atoms. The third kappa shape index (κ3) is 17.0. The molecule has 3 saturated heterocycles. The van der Waals surface area contributed by atoms with Crippen molar-refractivity contribution in [1.82, 2.24) is 34.6 Å². The number of anilines is 2. The molecule has 4 aromatic carbocycles. The first kappa shape index (κ1) is 51.0. The van der Waals surface area contributed by atoms with E-state index in [0.717, 1.165) is 135 Å². The van der Waals surface area contributed by atoms with Gasteiger partial charge < -0.3 is 30.6 Å². The summed E-state index contributed by atoms with van der Waals surface area (Å²) < 4.78 is 16.1. The highest BCUT2D eigenvalue weighted by atomic mass is 35.5. The van der Waals surface area contributed by atoms with E-state index in [9.17, 15) is 0 Å². The number of nitrogens with two attached hydrogens (primary N) is 1. The second kappa shape index (κ2) is 28.6. The van der Waals surface area contributed by atoms with Gasteiger partial charge in [-0.05, 0) is 24.3 Å². The number of ether oxygens (including phenoxy) is 3. The summed E-state index contributed by atoms with van der Waals surface area (Å²) >= 11 is 12.3. The normalized spacial score (nSPS) is 15.8. The minimum atomic E-state index is 0.165. The van der Waals surface area contributed by atoms with Crippen LogP contribution in [0.2, 0.25) is 10.3 Å². The molecule has 3 fully saturated rings. The largest absolute Gasteiger partial charge is 0.379 e. The monoisotopic (exact) mass is 974 g/mol. The summed E-state index contributed by atoms with van der Waals surface area (Å²) in [5, 5.41) is 24.7. The van der Waals surface area contributed by atoms with Crippen LogP contribution in [0.25, 0.3) is 22.8 Å². The zero-order chi connectivity index (χ0) is 47.7. The van der Waals surface area contributed by atoms with E-state index >= 15 is 0 Å². The highest BCUT2D eigenvalue weighted by molar-refractivity contribution is 6.37. The quantitative estimate of drug-likeness (QED) is 0.0616. The molecule has 2 aromatic heterocycles. The van der Waals surface area contributed by atoms with Gasteiger partial charge in [0.05, 0.1) is 51.0 Å². The van der Waals surface area contributed by atoms with Crippen LogP contribution >= 0.6 is 23.2 Å². The summed E-state index contributed by atoms with van der Waals surface area (Å²) in [5.74, 6) is 2.43.